The molecule has 106 valence electrons. The molecule has 0 radical (unpaired) electrons. The van der Waals surface area contributed by atoms with Crippen LogP contribution in [0.25, 0.3) is 0 Å². The van der Waals surface area contributed by atoms with Gasteiger partial charge in [0.2, 0.25) is 0 Å². The van der Waals surface area contributed by atoms with E-state index in [-0.39, 0.29) is 5.82 Å². The Hall–Kier alpha value is -1.73. The number of anilines is 3. The lowest BCUT2D eigenvalue weighted by Gasteiger charge is -2.11. The summed E-state index contributed by atoms with van der Waals surface area (Å²) < 4.78 is 19.0. The van der Waals surface area contributed by atoms with Crippen LogP contribution in [-0.2, 0) is 11.3 Å². The number of halogens is 2. The molecule has 2 rings (SSSR count). The Balaban J connectivity index is 2.32. The van der Waals surface area contributed by atoms with E-state index in [1.54, 1.807) is 26.3 Å². The van der Waals surface area contributed by atoms with Crippen molar-refractivity contribution in [2.75, 3.05) is 24.8 Å². The van der Waals surface area contributed by atoms with Gasteiger partial charge in [0.1, 0.15) is 24.1 Å². The summed E-state index contributed by atoms with van der Waals surface area (Å²) in [5.74, 6) is 1.43. The molecule has 2 N–H and O–H groups in total. The van der Waals surface area contributed by atoms with Crippen molar-refractivity contribution in [1.29, 1.82) is 0 Å². The molecule has 0 aliphatic heterocycles. The average Bonchev–Trinajstić information content (AvgIpc) is 2.43. The quantitative estimate of drug-likeness (QED) is 0.874. The van der Waals surface area contributed by atoms with Gasteiger partial charge in [-0.05, 0) is 34.1 Å². The van der Waals surface area contributed by atoms with E-state index < -0.39 is 0 Å². The molecule has 0 saturated heterocycles. The molecule has 0 spiro atoms. The maximum atomic E-state index is 13.3. The van der Waals surface area contributed by atoms with E-state index in [9.17, 15) is 4.39 Å². The fourth-order valence-corrected chi connectivity index (χ4v) is 1.96. The highest BCUT2D eigenvalue weighted by Crippen LogP contribution is 2.26. The standard InChI is InChI=1S/C13H14BrFN4O/c1-16-11-6-12(19-13(18-11)7-20-2)17-10-5-8(15)3-4-9(10)14/h3-6H,7H2,1-2H3,(H2,16,17,18,19). The molecule has 0 unspecified atom stereocenters. The van der Waals surface area contributed by atoms with Crippen LogP contribution in [0.3, 0.4) is 0 Å². The second-order valence-corrected chi connectivity index (χ2v) is 4.84. The number of hydrogen-bond acceptors (Lipinski definition) is 5. The summed E-state index contributed by atoms with van der Waals surface area (Å²) in [4.78, 5) is 8.56. The molecule has 0 aliphatic carbocycles. The van der Waals surface area contributed by atoms with Crippen LogP contribution in [0.15, 0.2) is 28.7 Å². The second kappa shape index (κ2) is 6.62. The Morgan fingerprint density at radius 1 is 1.25 bits per heavy atom. The molecule has 1 aromatic heterocycles. The molecule has 2 aromatic rings. The van der Waals surface area contributed by atoms with E-state index in [1.165, 1.54) is 12.1 Å². The lowest BCUT2D eigenvalue weighted by atomic mass is 10.3. The van der Waals surface area contributed by atoms with Gasteiger partial charge in [-0.3, -0.25) is 0 Å². The average molecular weight is 341 g/mol. The third kappa shape index (κ3) is 3.64. The Labute approximate surface area is 124 Å². The SMILES string of the molecule is CNc1cc(Nc2cc(F)ccc2Br)nc(COC)n1. The van der Waals surface area contributed by atoms with E-state index in [0.717, 1.165) is 4.47 Å². The Morgan fingerprint density at radius 3 is 2.70 bits per heavy atom. The molecule has 0 fully saturated rings. The minimum absolute atomic E-state index is 0.300. The van der Waals surface area contributed by atoms with Crippen molar-refractivity contribution in [3.63, 3.8) is 0 Å². The van der Waals surface area contributed by atoms with Crippen LogP contribution in [0.1, 0.15) is 5.82 Å². The maximum Gasteiger partial charge on any atom is 0.158 e. The molecular weight excluding hydrogens is 327 g/mol. The lowest BCUT2D eigenvalue weighted by Crippen LogP contribution is -2.05. The van der Waals surface area contributed by atoms with Gasteiger partial charge in [-0.25, -0.2) is 14.4 Å². The van der Waals surface area contributed by atoms with Crippen LogP contribution >= 0.6 is 15.9 Å². The summed E-state index contributed by atoms with van der Waals surface area (Å²) in [6.45, 7) is 0.300. The van der Waals surface area contributed by atoms with E-state index in [4.69, 9.17) is 4.74 Å². The van der Waals surface area contributed by atoms with Gasteiger partial charge in [0.15, 0.2) is 5.82 Å². The molecule has 1 heterocycles. The molecule has 0 aliphatic rings. The van der Waals surface area contributed by atoms with Gasteiger partial charge in [-0.1, -0.05) is 0 Å². The van der Waals surface area contributed by atoms with Gasteiger partial charge in [0, 0.05) is 24.7 Å². The Kier molecular flexibility index (Phi) is 4.86. The summed E-state index contributed by atoms with van der Waals surface area (Å²) in [5, 5.41) is 6.00. The molecular formula is C13H14BrFN4O. The summed E-state index contributed by atoms with van der Waals surface area (Å²) in [7, 11) is 3.34. The van der Waals surface area contributed by atoms with Crippen molar-refractivity contribution in [2.45, 2.75) is 6.61 Å². The number of benzene rings is 1. The first-order valence-electron chi connectivity index (χ1n) is 5.89. The summed E-state index contributed by atoms with van der Waals surface area (Å²) in [5.41, 5.74) is 0.592. The molecule has 0 atom stereocenters. The molecule has 7 heteroatoms. The molecule has 0 saturated carbocycles. The van der Waals surface area contributed by atoms with E-state index in [0.29, 0.717) is 29.8 Å². The lowest BCUT2D eigenvalue weighted by molar-refractivity contribution is 0.178. The largest absolute Gasteiger partial charge is 0.377 e. The van der Waals surface area contributed by atoms with Crippen molar-refractivity contribution in [3.05, 3.63) is 40.4 Å². The Morgan fingerprint density at radius 2 is 2.00 bits per heavy atom. The number of methoxy groups -OCH3 is 1. The first kappa shape index (κ1) is 14.7. The zero-order valence-electron chi connectivity index (χ0n) is 11.1. The minimum Gasteiger partial charge on any atom is -0.377 e. The predicted molar refractivity (Wildman–Crippen MR) is 79.7 cm³/mol. The number of ether oxygens (including phenoxy) is 1. The summed E-state index contributed by atoms with van der Waals surface area (Å²) in [6.07, 6.45) is 0. The number of aromatic nitrogens is 2. The van der Waals surface area contributed by atoms with Crippen LogP contribution in [-0.4, -0.2) is 24.1 Å². The normalized spacial score (nSPS) is 10.4. The van der Waals surface area contributed by atoms with Gasteiger partial charge in [-0.15, -0.1) is 0 Å². The second-order valence-electron chi connectivity index (χ2n) is 3.99. The van der Waals surface area contributed by atoms with Crippen molar-refractivity contribution in [1.82, 2.24) is 9.97 Å². The van der Waals surface area contributed by atoms with Gasteiger partial charge in [0.25, 0.3) is 0 Å². The number of hydrogen-bond donors (Lipinski definition) is 2. The summed E-state index contributed by atoms with van der Waals surface area (Å²) >= 11 is 3.36. The first-order valence-corrected chi connectivity index (χ1v) is 6.68. The zero-order valence-corrected chi connectivity index (χ0v) is 12.7. The van der Waals surface area contributed by atoms with E-state index in [2.05, 4.69) is 36.5 Å². The van der Waals surface area contributed by atoms with Crippen LogP contribution in [0.2, 0.25) is 0 Å². The highest BCUT2D eigenvalue weighted by Gasteiger charge is 2.07. The third-order valence-electron chi connectivity index (χ3n) is 2.49. The summed E-state index contributed by atoms with van der Waals surface area (Å²) in [6, 6.07) is 6.14. The van der Waals surface area contributed by atoms with Crippen LogP contribution in [0.4, 0.5) is 21.7 Å². The third-order valence-corrected chi connectivity index (χ3v) is 3.18. The fourth-order valence-electron chi connectivity index (χ4n) is 1.61. The molecule has 1 aromatic carbocycles. The molecule has 20 heavy (non-hydrogen) atoms. The van der Waals surface area contributed by atoms with Gasteiger partial charge >= 0.3 is 0 Å². The highest BCUT2D eigenvalue weighted by molar-refractivity contribution is 9.10. The maximum absolute atomic E-state index is 13.3. The van der Waals surface area contributed by atoms with Gasteiger partial charge < -0.3 is 15.4 Å². The fraction of sp³-hybridized carbons (Fsp3) is 0.231. The number of nitrogens with zero attached hydrogens (tertiary/aromatic N) is 2. The van der Waals surface area contributed by atoms with Crippen molar-refractivity contribution in [2.24, 2.45) is 0 Å². The Bertz CT molecular complexity index is 609. The van der Waals surface area contributed by atoms with Gasteiger partial charge in [0.05, 0.1) is 5.69 Å². The number of rotatable bonds is 5. The topological polar surface area (TPSA) is 59.1 Å². The van der Waals surface area contributed by atoms with Crippen LogP contribution in [0, 0.1) is 5.82 Å². The van der Waals surface area contributed by atoms with E-state index >= 15 is 0 Å². The smallest absolute Gasteiger partial charge is 0.158 e. The number of nitrogens with one attached hydrogen (secondary N) is 2. The first-order chi connectivity index (χ1) is 9.62. The van der Waals surface area contributed by atoms with Crippen molar-refractivity contribution < 1.29 is 9.13 Å². The van der Waals surface area contributed by atoms with Crippen LogP contribution < -0.4 is 10.6 Å². The van der Waals surface area contributed by atoms with Crippen LogP contribution in [0.5, 0.6) is 0 Å². The predicted octanol–water partition coefficient (Wildman–Crippen LogP) is 3.31. The molecule has 5 nitrogen and oxygen atoms in total. The minimum atomic E-state index is -0.323. The monoisotopic (exact) mass is 340 g/mol. The highest BCUT2D eigenvalue weighted by atomic mass is 79.9. The molecule has 0 bridgehead atoms. The van der Waals surface area contributed by atoms with Crippen molar-refractivity contribution >= 4 is 33.3 Å². The zero-order chi connectivity index (χ0) is 14.5. The van der Waals surface area contributed by atoms with Crippen molar-refractivity contribution in [3.8, 4) is 0 Å². The van der Waals surface area contributed by atoms with Gasteiger partial charge in [-0.2, -0.15) is 0 Å². The molecule has 0 amide bonds. The van der Waals surface area contributed by atoms with E-state index in [1.807, 2.05) is 0 Å².